The fraction of sp³-hybridized carbons (Fsp3) is 0.278. The highest BCUT2D eigenvalue weighted by Crippen LogP contribution is 2.26. The van der Waals surface area contributed by atoms with Crippen LogP contribution < -0.4 is 10.1 Å². The Morgan fingerprint density at radius 2 is 2.14 bits per heavy atom. The molecule has 0 bridgehead atoms. The zero-order valence-corrected chi connectivity index (χ0v) is 15.7. The lowest BCUT2D eigenvalue weighted by Gasteiger charge is -2.10. The topological polar surface area (TPSA) is 117 Å². The first-order chi connectivity index (χ1) is 13.4. The zero-order chi connectivity index (χ0) is 20.3. The Morgan fingerprint density at radius 3 is 2.79 bits per heavy atom. The van der Waals surface area contributed by atoms with Gasteiger partial charge in [-0.25, -0.2) is 4.68 Å². The third-order valence-electron chi connectivity index (χ3n) is 4.17. The smallest absolute Gasteiger partial charge is 0.350 e. The number of nitrogens with zero attached hydrogens (tertiary/aromatic N) is 5. The number of ether oxygens (including phenoxy) is 1. The van der Waals surface area contributed by atoms with E-state index in [0.717, 1.165) is 11.1 Å². The minimum Gasteiger partial charge on any atom is -0.475 e. The average Bonchev–Trinajstić information content (AvgIpc) is 3.28. The summed E-state index contributed by atoms with van der Waals surface area (Å²) >= 11 is 0. The predicted molar refractivity (Wildman–Crippen MR) is 101 cm³/mol. The molecule has 1 amide bonds. The van der Waals surface area contributed by atoms with Crippen molar-refractivity contribution in [2.75, 3.05) is 12.4 Å². The van der Waals surface area contributed by atoms with Gasteiger partial charge in [-0.3, -0.25) is 19.6 Å². The van der Waals surface area contributed by atoms with Crippen molar-refractivity contribution in [2.24, 2.45) is 0 Å². The lowest BCUT2D eigenvalue weighted by Crippen LogP contribution is -2.24. The highest BCUT2D eigenvalue weighted by molar-refractivity contribution is 5.92. The van der Waals surface area contributed by atoms with E-state index in [-0.39, 0.29) is 11.6 Å². The number of amides is 1. The monoisotopic (exact) mass is 384 g/mol. The summed E-state index contributed by atoms with van der Waals surface area (Å²) in [6.07, 6.45) is 2.93. The van der Waals surface area contributed by atoms with E-state index in [4.69, 9.17) is 4.74 Å². The molecule has 3 rings (SSSR count). The first kappa shape index (κ1) is 19.1. The Balaban J connectivity index is 1.68. The van der Waals surface area contributed by atoms with Crippen LogP contribution in [0.5, 0.6) is 5.88 Å². The van der Waals surface area contributed by atoms with Gasteiger partial charge in [-0.05, 0) is 19.4 Å². The maximum atomic E-state index is 12.5. The molecule has 0 fully saturated rings. The predicted octanol–water partition coefficient (Wildman–Crippen LogP) is 2.55. The number of nitro groups is 1. The minimum absolute atomic E-state index is 0.146. The van der Waals surface area contributed by atoms with Gasteiger partial charge in [-0.15, -0.1) is 5.10 Å². The number of aryl methyl sites for hydroxylation is 1. The van der Waals surface area contributed by atoms with Gasteiger partial charge in [-0.2, -0.15) is 5.10 Å². The van der Waals surface area contributed by atoms with E-state index in [1.807, 2.05) is 25.1 Å². The number of carbonyl (C=O) groups is 1. The molecule has 0 saturated heterocycles. The molecule has 146 valence electrons. The van der Waals surface area contributed by atoms with Crippen LogP contribution in [0, 0.1) is 17.0 Å². The van der Waals surface area contributed by atoms with E-state index in [1.54, 1.807) is 23.9 Å². The number of hydrogen-bond acceptors (Lipinski definition) is 6. The van der Waals surface area contributed by atoms with Gasteiger partial charge >= 0.3 is 11.6 Å². The fourth-order valence-electron chi connectivity index (χ4n) is 2.70. The van der Waals surface area contributed by atoms with Crippen molar-refractivity contribution < 1.29 is 14.5 Å². The molecule has 0 aliphatic heterocycles. The molecule has 0 spiro atoms. The van der Waals surface area contributed by atoms with Crippen molar-refractivity contribution in [3.05, 3.63) is 64.0 Å². The molecule has 0 aliphatic carbocycles. The SMILES string of the molecule is COc1nn(C(C)C(=O)Nc2ccn(Cc3cccc(C)c3)n2)cc1[N+](=O)[O-]. The van der Waals surface area contributed by atoms with E-state index in [9.17, 15) is 14.9 Å². The summed E-state index contributed by atoms with van der Waals surface area (Å²) in [5.41, 5.74) is 1.96. The van der Waals surface area contributed by atoms with Crippen LogP contribution in [-0.4, -0.2) is 37.5 Å². The molecule has 1 atom stereocenters. The molecule has 10 nitrogen and oxygen atoms in total. The largest absolute Gasteiger partial charge is 0.475 e. The van der Waals surface area contributed by atoms with Crippen LogP contribution >= 0.6 is 0 Å². The molecule has 2 aromatic heterocycles. The Bertz CT molecular complexity index is 1010. The van der Waals surface area contributed by atoms with Crippen molar-refractivity contribution in [3.63, 3.8) is 0 Å². The number of anilines is 1. The van der Waals surface area contributed by atoms with Gasteiger partial charge in [0.15, 0.2) is 5.82 Å². The highest BCUT2D eigenvalue weighted by Gasteiger charge is 2.25. The van der Waals surface area contributed by atoms with Crippen molar-refractivity contribution in [1.29, 1.82) is 0 Å². The fourth-order valence-corrected chi connectivity index (χ4v) is 2.70. The lowest BCUT2D eigenvalue weighted by molar-refractivity contribution is -0.385. The van der Waals surface area contributed by atoms with Crippen LogP contribution in [0.3, 0.4) is 0 Å². The Labute approximate surface area is 160 Å². The number of nitrogens with one attached hydrogen (secondary N) is 1. The first-order valence-corrected chi connectivity index (χ1v) is 8.54. The Hall–Kier alpha value is -3.69. The quantitative estimate of drug-likeness (QED) is 0.494. The summed E-state index contributed by atoms with van der Waals surface area (Å²) in [6, 6.07) is 8.98. The molecular weight excluding hydrogens is 364 g/mol. The molecule has 0 aliphatic rings. The van der Waals surface area contributed by atoms with Gasteiger partial charge in [0, 0.05) is 12.3 Å². The van der Waals surface area contributed by atoms with Crippen LogP contribution in [0.15, 0.2) is 42.7 Å². The molecule has 0 radical (unpaired) electrons. The average molecular weight is 384 g/mol. The van der Waals surface area contributed by atoms with Gasteiger partial charge in [0.2, 0.25) is 5.91 Å². The van der Waals surface area contributed by atoms with Gasteiger partial charge < -0.3 is 10.1 Å². The molecule has 0 saturated carbocycles. The van der Waals surface area contributed by atoms with Gasteiger partial charge in [0.25, 0.3) is 0 Å². The van der Waals surface area contributed by atoms with Crippen molar-refractivity contribution in [1.82, 2.24) is 19.6 Å². The Morgan fingerprint density at radius 1 is 1.36 bits per heavy atom. The Kier molecular flexibility index (Phi) is 5.39. The van der Waals surface area contributed by atoms with E-state index >= 15 is 0 Å². The van der Waals surface area contributed by atoms with Crippen LogP contribution in [0.25, 0.3) is 0 Å². The second-order valence-electron chi connectivity index (χ2n) is 6.31. The number of methoxy groups -OCH3 is 1. The number of benzene rings is 1. The van der Waals surface area contributed by atoms with Crippen LogP contribution in [0.4, 0.5) is 11.5 Å². The summed E-state index contributed by atoms with van der Waals surface area (Å²) < 4.78 is 7.79. The van der Waals surface area contributed by atoms with Gasteiger partial charge in [-0.1, -0.05) is 29.8 Å². The van der Waals surface area contributed by atoms with Crippen LogP contribution in [0.1, 0.15) is 24.1 Å². The third kappa shape index (κ3) is 4.17. The summed E-state index contributed by atoms with van der Waals surface area (Å²) in [4.78, 5) is 22.9. The summed E-state index contributed by atoms with van der Waals surface area (Å²) in [7, 11) is 1.28. The molecular formula is C18H20N6O4. The van der Waals surface area contributed by atoms with Gasteiger partial charge in [0.05, 0.1) is 18.6 Å². The molecule has 1 aromatic carbocycles. The number of rotatable bonds is 7. The van der Waals surface area contributed by atoms with E-state index < -0.39 is 16.9 Å². The molecule has 2 heterocycles. The normalized spacial score (nSPS) is 11.8. The van der Waals surface area contributed by atoms with Gasteiger partial charge in [0.1, 0.15) is 12.2 Å². The third-order valence-corrected chi connectivity index (χ3v) is 4.17. The number of aromatic nitrogens is 4. The number of hydrogen-bond donors (Lipinski definition) is 1. The lowest BCUT2D eigenvalue weighted by atomic mass is 10.1. The molecule has 10 heteroatoms. The maximum Gasteiger partial charge on any atom is 0.350 e. The molecule has 3 aromatic rings. The van der Waals surface area contributed by atoms with E-state index in [2.05, 4.69) is 21.6 Å². The first-order valence-electron chi connectivity index (χ1n) is 8.54. The summed E-state index contributed by atoms with van der Waals surface area (Å²) in [5, 5.41) is 22.0. The van der Waals surface area contributed by atoms with Crippen molar-refractivity contribution >= 4 is 17.4 Å². The molecule has 1 N–H and O–H groups in total. The zero-order valence-electron chi connectivity index (χ0n) is 15.7. The van der Waals surface area contributed by atoms with Crippen molar-refractivity contribution in [3.8, 4) is 5.88 Å². The summed E-state index contributed by atoms with van der Waals surface area (Å²) in [6.45, 7) is 4.18. The second kappa shape index (κ2) is 7.91. The highest BCUT2D eigenvalue weighted by atomic mass is 16.6. The maximum absolute atomic E-state index is 12.5. The summed E-state index contributed by atoms with van der Waals surface area (Å²) in [5.74, 6) is -0.161. The van der Waals surface area contributed by atoms with Crippen LogP contribution in [-0.2, 0) is 11.3 Å². The van der Waals surface area contributed by atoms with E-state index in [0.29, 0.717) is 12.4 Å². The van der Waals surface area contributed by atoms with Crippen molar-refractivity contribution in [2.45, 2.75) is 26.4 Å². The van der Waals surface area contributed by atoms with E-state index in [1.165, 1.54) is 18.0 Å². The molecule has 28 heavy (non-hydrogen) atoms. The second-order valence-corrected chi connectivity index (χ2v) is 6.31. The standard InChI is InChI=1S/C18H20N6O4/c1-12-5-4-6-14(9-12)10-22-8-7-16(20-22)19-17(25)13(2)23-11-15(24(26)27)18(21-23)28-3/h4-9,11,13H,10H2,1-3H3,(H,19,20,25). The van der Waals surface area contributed by atoms with Crippen LogP contribution in [0.2, 0.25) is 0 Å². The number of carbonyl (C=O) groups excluding carboxylic acids is 1. The molecule has 1 unspecified atom stereocenters. The minimum atomic E-state index is -0.787.